The Morgan fingerprint density at radius 3 is 2.78 bits per heavy atom. The molecule has 4 rings (SSSR count). The Kier molecular flexibility index (Phi) is 7.18. The summed E-state index contributed by atoms with van der Waals surface area (Å²) in [6, 6.07) is 10.4. The number of hydrogen-bond acceptors (Lipinski definition) is 4. The molecule has 3 heterocycles. The van der Waals surface area contributed by atoms with Gasteiger partial charge in [-0.2, -0.15) is 5.10 Å². The second-order valence-corrected chi connectivity index (χ2v) is 6.26. The number of aromatic nitrogens is 3. The predicted octanol–water partition coefficient (Wildman–Crippen LogP) is 2.92. The number of nitrogens with one attached hydrogen (secondary N) is 1. The SMILES string of the molecule is CCc1ccc(C2CNCCN2C(=O)c2cnn3cccnc23)cc1.Cl.Cl. The Bertz CT molecular complexity index is 897. The standard InChI is InChI=1S/C19H21N5O.2ClH/c1-2-14-4-6-15(7-5-14)17-13-20-9-11-23(17)19(25)16-12-22-24-10-3-8-21-18(16)24;;/h3-8,10,12,17,20H,2,9,11,13H2,1H3;2*1H. The minimum absolute atomic E-state index is 0. The maximum absolute atomic E-state index is 13.2. The lowest BCUT2D eigenvalue weighted by atomic mass is 10.0. The average Bonchev–Trinajstić information content (AvgIpc) is 3.12. The van der Waals surface area contributed by atoms with Crippen LogP contribution in [-0.2, 0) is 6.42 Å². The van der Waals surface area contributed by atoms with Crippen molar-refractivity contribution in [2.24, 2.45) is 0 Å². The molecule has 1 fully saturated rings. The van der Waals surface area contributed by atoms with Gasteiger partial charge in [0.15, 0.2) is 5.65 Å². The minimum Gasteiger partial charge on any atom is -0.329 e. The molecule has 2 aromatic heterocycles. The Morgan fingerprint density at radius 2 is 2.04 bits per heavy atom. The highest BCUT2D eigenvalue weighted by Gasteiger charge is 2.30. The predicted molar refractivity (Wildman–Crippen MR) is 110 cm³/mol. The van der Waals surface area contributed by atoms with Gasteiger partial charge in [0, 0.05) is 32.0 Å². The maximum atomic E-state index is 13.2. The van der Waals surface area contributed by atoms with Gasteiger partial charge < -0.3 is 10.2 Å². The molecule has 0 bridgehead atoms. The number of hydrogen-bond donors (Lipinski definition) is 1. The van der Waals surface area contributed by atoms with Crippen LogP contribution in [0, 0.1) is 0 Å². The van der Waals surface area contributed by atoms with E-state index in [1.54, 1.807) is 29.2 Å². The van der Waals surface area contributed by atoms with Crippen molar-refractivity contribution in [3.8, 4) is 0 Å². The van der Waals surface area contributed by atoms with Crippen molar-refractivity contribution in [3.63, 3.8) is 0 Å². The van der Waals surface area contributed by atoms with Crippen LogP contribution in [0.3, 0.4) is 0 Å². The molecule has 1 aliphatic heterocycles. The molecular formula is C19H23Cl2N5O. The molecule has 0 radical (unpaired) electrons. The third kappa shape index (κ3) is 4.08. The summed E-state index contributed by atoms with van der Waals surface area (Å²) in [7, 11) is 0. The maximum Gasteiger partial charge on any atom is 0.259 e. The zero-order chi connectivity index (χ0) is 17.2. The van der Waals surface area contributed by atoms with Crippen LogP contribution in [0.5, 0.6) is 0 Å². The van der Waals surface area contributed by atoms with Crippen molar-refractivity contribution in [2.75, 3.05) is 19.6 Å². The fraction of sp³-hybridized carbons (Fsp3) is 0.316. The van der Waals surface area contributed by atoms with Gasteiger partial charge in [0.05, 0.1) is 12.2 Å². The lowest BCUT2D eigenvalue weighted by Gasteiger charge is -2.36. The Morgan fingerprint density at radius 1 is 1.26 bits per heavy atom. The first-order valence-electron chi connectivity index (χ1n) is 8.67. The summed E-state index contributed by atoms with van der Waals surface area (Å²) in [6.45, 7) is 4.36. The first-order valence-corrected chi connectivity index (χ1v) is 8.67. The van der Waals surface area contributed by atoms with Gasteiger partial charge in [-0.3, -0.25) is 4.79 Å². The van der Waals surface area contributed by atoms with Crippen LogP contribution < -0.4 is 5.32 Å². The number of rotatable bonds is 3. The normalized spacial score (nSPS) is 16.5. The third-order valence-electron chi connectivity index (χ3n) is 4.79. The van der Waals surface area contributed by atoms with Crippen molar-refractivity contribution in [1.82, 2.24) is 24.8 Å². The van der Waals surface area contributed by atoms with Crippen LogP contribution in [0.25, 0.3) is 5.65 Å². The summed E-state index contributed by atoms with van der Waals surface area (Å²) in [5.74, 6) is -0.0141. The Balaban J connectivity index is 0.00000131. The molecule has 1 amide bonds. The molecule has 0 aliphatic carbocycles. The highest BCUT2D eigenvalue weighted by Crippen LogP contribution is 2.25. The lowest BCUT2D eigenvalue weighted by Crippen LogP contribution is -2.48. The van der Waals surface area contributed by atoms with Gasteiger partial charge in [0.25, 0.3) is 5.91 Å². The van der Waals surface area contributed by atoms with Gasteiger partial charge in [-0.25, -0.2) is 9.50 Å². The summed E-state index contributed by atoms with van der Waals surface area (Å²) in [6.07, 6.45) is 6.12. The largest absolute Gasteiger partial charge is 0.329 e. The first kappa shape index (κ1) is 21.2. The molecule has 144 valence electrons. The summed E-state index contributed by atoms with van der Waals surface area (Å²) in [5.41, 5.74) is 3.61. The number of nitrogens with zero attached hydrogens (tertiary/aromatic N) is 4. The monoisotopic (exact) mass is 407 g/mol. The third-order valence-corrected chi connectivity index (χ3v) is 4.79. The van der Waals surface area contributed by atoms with Gasteiger partial charge in [-0.1, -0.05) is 31.2 Å². The molecule has 1 saturated heterocycles. The van der Waals surface area contributed by atoms with Crippen LogP contribution in [0.1, 0.15) is 34.5 Å². The average molecular weight is 408 g/mol. The van der Waals surface area contributed by atoms with Crippen molar-refractivity contribution in [3.05, 3.63) is 65.6 Å². The second-order valence-electron chi connectivity index (χ2n) is 6.26. The number of amides is 1. The van der Waals surface area contributed by atoms with Gasteiger partial charge >= 0.3 is 0 Å². The number of carbonyl (C=O) groups is 1. The van der Waals surface area contributed by atoms with Crippen LogP contribution in [0.2, 0.25) is 0 Å². The van der Waals surface area contributed by atoms with E-state index in [9.17, 15) is 4.79 Å². The number of fused-ring (bicyclic) bond motifs is 1. The molecule has 3 aromatic rings. The summed E-state index contributed by atoms with van der Waals surface area (Å²) in [5, 5.41) is 7.64. The summed E-state index contributed by atoms with van der Waals surface area (Å²) >= 11 is 0. The molecule has 0 saturated carbocycles. The van der Waals surface area contributed by atoms with E-state index >= 15 is 0 Å². The van der Waals surface area contributed by atoms with Crippen LogP contribution >= 0.6 is 24.8 Å². The number of piperazine rings is 1. The van der Waals surface area contributed by atoms with E-state index in [2.05, 4.69) is 46.6 Å². The second kappa shape index (κ2) is 9.17. The molecule has 1 aromatic carbocycles. The van der Waals surface area contributed by atoms with Crippen molar-refractivity contribution in [2.45, 2.75) is 19.4 Å². The van der Waals surface area contributed by atoms with E-state index in [0.717, 1.165) is 25.1 Å². The molecule has 27 heavy (non-hydrogen) atoms. The van der Waals surface area contributed by atoms with Crippen molar-refractivity contribution in [1.29, 1.82) is 0 Å². The van der Waals surface area contributed by atoms with Gasteiger partial charge in [0.2, 0.25) is 0 Å². The minimum atomic E-state index is -0.0141. The molecule has 1 N–H and O–H groups in total. The van der Waals surface area contributed by atoms with E-state index in [0.29, 0.717) is 17.8 Å². The van der Waals surface area contributed by atoms with E-state index in [1.807, 2.05) is 4.90 Å². The fourth-order valence-electron chi connectivity index (χ4n) is 3.35. The van der Waals surface area contributed by atoms with Gasteiger partial charge in [-0.15, -0.1) is 24.8 Å². The Hall–Kier alpha value is -2.15. The Labute approximate surface area is 170 Å². The molecule has 6 nitrogen and oxygen atoms in total. The number of benzene rings is 1. The van der Waals surface area contributed by atoms with Crippen LogP contribution in [-0.4, -0.2) is 45.0 Å². The van der Waals surface area contributed by atoms with E-state index in [1.165, 1.54) is 5.56 Å². The fourth-order valence-corrected chi connectivity index (χ4v) is 3.35. The molecule has 1 unspecified atom stereocenters. The smallest absolute Gasteiger partial charge is 0.259 e. The molecular weight excluding hydrogens is 385 g/mol. The highest BCUT2D eigenvalue weighted by molar-refractivity contribution is 5.99. The quantitative estimate of drug-likeness (QED) is 0.724. The lowest BCUT2D eigenvalue weighted by molar-refractivity contribution is 0.0636. The topological polar surface area (TPSA) is 62.5 Å². The van der Waals surface area contributed by atoms with Crippen LogP contribution in [0.15, 0.2) is 48.9 Å². The highest BCUT2D eigenvalue weighted by atomic mass is 35.5. The van der Waals surface area contributed by atoms with Gasteiger partial charge in [0.1, 0.15) is 5.56 Å². The van der Waals surface area contributed by atoms with Crippen LogP contribution in [0.4, 0.5) is 0 Å². The van der Waals surface area contributed by atoms with E-state index < -0.39 is 0 Å². The van der Waals surface area contributed by atoms with Crippen molar-refractivity contribution >= 4 is 36.4 Å². The molecule has 1 atom stereocenters. The zero-order valence-electron chi connectivity index (χ0n) is 15.0. The van der Waals surface area contributed by atoms with E-state index in [4.69, 9.17) is 0 Å². The number of carbonyl (C=O) groups excluding carboxylic acids is 1. The molecule has 0 spiro atoms. The molecule has 1 aliphatic rings. The van der Waals surface area contributed by atoms with Crippen molar-refractivity contribution < 1.29 is 4.79 Å². The number of aryl methyl sites for hydroxylation is 1. The number of halogens is 2. The molecule has 8 heteroatoms. The summed E-state index contributed by atoms with van der Waals surface area (Å²) < 4.78 is 1.64. The first-order chi connectivity index (χ1) is 12.3. The van der Waals surface area contributed by atoms with Gasteiger partial charge in [-0.05, 0) is 23.6 Å². The zero-order valence-corrected chi connectivity index (χ0v) is 16.7. The van der Waals surface area contributed by atoms with E-state index in [-0.39, 0.29) is 36.8 Å². The summed E-state index contributed by atoms with van der Waals surface area (Å²) in [4.78, 5) is 19.4.